The van der Waals surface area contributed by atoms with Crippen LogP contribution in [0.5, 0.6) is 0 Å². The van der Waals surface area contributed by atoms with E-state index in [0.717, 1.165) is 19.6 Å². The van der Waals surface area contributed by atoms with Crippen molar-refractivity contribution in [3.63, 3.8) is 0 Å². The smallest absolute Gasteiger partial charge is 0.0757 e. The SMILES string of the molecule is CC1CN(C2(CN)CCC(C)(C)C2)CC(C)(C)O1. The predicted molar refractivity (Wildman–Crippen MR) is 75.6 cm³/mol. The molecule has 2 rings (SSSR count). The van der Waals surface area contributed by atoms with E-state index >= 15 is 0 Å². The van der Waals surface area contributed by atoms with Crippen LogP contribution in [0.2, 0.25) is 0 Å². The van der Waals surface area contributed by atoms with Crippen molar-refractivity contribution in [1.29, 1.82) is 0 Å². The predicted octanol–water partition coefficient (Wildman–Crippen LogP) is 2.39. The molecule has 106 valence electrons. The number of morpholine rings is 1. The molecule has 1 heterocycles. The third-order valence-corrected chi connectivity index (χ3v) is 4.69. The Morgan fingerprint density at radius 3 is 2.33 bits per heavy atom. The van der Waals surface area contributed by atoms with Gasteiger partial charge in [-0.25, -0.2) is 0 Å². The van der Waals surface area contributed by atoms with Crippen molar-refractivity contribution < 1.29 is 4.74 Å². The number of hydrogen-bond acceptors (Lipinski definition) is 3. The van der Waals surface area contributed by atoms with Crippen LogP contribution in [0.3, 0.4) is 0 Å². The molecule has 1 saturated heterocycles. The van der Waals surface area contributed by atoms with Crippen LogP contribution >= 0.6 is 0 Å². The zero-order valence-corrected chi connectivity index (χ0v) is 12.8. The van der Waals surface area contributed by atoms with Crippen molar-refractivity contribution in [3.8, 4) is 0 Å². The second-order valence-electron chi connectivity index (χ2n) is 7.84. The molecule has 0 aromatic carbocycles. The van der Waals surface area contributed by atoms with Gasteiger partial charge in [0.15, 0.2) is 0 Å². The number of nitrogens with two attached hydrogens (primary N) is 1. The Kier molecular flexibility index (Phi) is 3.54. The van der Waals surface area contributed by atoms with Crippen LogP contribution in [0.25, 0.3) is 0 Å². The maximum absolute atomic E-state index is 6.17. The van der Waals surface area contributed by atoms with E-state index in [1.807, 2.05) is 0 Å². The summed E-state index contributed by atoms with van der Waals surface area (Å²) in [5, 5.41) is 0. The molecule has 1 saturated carbocycles. The summed E-state index contributed by atoms with van der Waals surface area (Å²) in [6, 6.07) is 0. The number of nitrogens with zero attached hydrogens (tertiary/aromatic N) is 1. The summed E-state index contributed by atoms with van der Waals surface area (Å²) >= 11 is 0. The van der Waals surface area contributed by atoms with Gasteiger partial charge in [-0.2, -0.15) is 0 Å². The fraction of sp³-hybridized carbons (Fsp3) is 1.00. The van der Waals surface area contributed by atoms with Gasteiger partial charge in [-0.15, -0.1) is 0 Å². The van der Waals surface area contributed by atoms with Crippen LogP contribution in [0.4, 0.5) is 0 Å². The molecule has 2 atom stereocenters. The molecule has 0 spiro atoms. The molecule has 1 aliphatic heterocycles. The Hall–Kier alpha value is -0.120. The minimum Gasteiger partial charge on any atom is -0.370 e. The first-order valence-corrected chi connectivity index (χ1v) is 7.31. The van der Waals surface area contributed by atoms with Crippen LogP contribution in [-0.2, 0) is 4.74 Å². The molecule has 3 heteroatoms. The molecule has 1 aliphatic carbocycles. The summed E-state index contributed by atoms with van der Waals surface area (Å²) in [5.41, 5.74) is 6.77. The van der Waals surface area contributed by atoms with E-state index in [-0.39, 0.29) is 11.1 Å². The van der Waals surface area contributed by atoms with Gasteiger partial charge < -0.3 is 10.5 Å². The van der Waals surface area contributed by atoms with Crippen molar-refractivity contribution in [2.75, 3.05) is 19.6 Å². The van der Waals surface area contributed by atoms with Gasteiger partial charge in [0.1, 0.15) is 0 Å². The second kappa shape index (κ2) is 4.46. The van der Waals surface area contributed by atoms with Crippen molar-refractivity contribution in [2.45, 2.75) is 71.1 Å². The Labute approximate surface area is 112 Å². The Bertz CT molecular complexity index is 314. The van der Waals surface area contributed by atoms with Crippen LogP contribution in [0.15, 0.2) is 0 Å². The van der Waals surface area contributed by atoms with Gasteiger partial charge in [-0.1, -0.05) is 13.8 Å². The van der Waals surface area contributed by atoms with E-state index < -0.39 is 0 Å². The first-order valence-electron chi connectivity index (χ1n) is 7.31. The maximum Gasteiger partial charge on any atom is 0.0757 e. The highest BCUT2D eigenvalue weighted by Crippen LogP contribution is 2.47. The quantitative estimate of drug-likeness (QED) is 0.822. The second-order valence-corrected chi connectivity index (χ2v) is 7.84. The summed E-state index contributed by atoms with van der Waals surface area (Å²) in [4.78, 5) is 2.62. The van der Waals surface area contributed by atoms with Crippen molar-refractivity contribution >= 4 is 0 Å². The number of hydrogen-bond donors (Lipinski definition) is 1. The summed E-state index contributed by atoms with van der Waals surface area (Å²) in [6.45, 7) is 14.1. The van der Waals surface area contributed by atoms with Crippen LogP contribution in [-0.4, -0.2) is 41.8 Å². The first-order chi connectivity index (χ1) is 8.18. The minimum atomic E-state index is -0.0490. The molecule has 0 radical (unpaired) electrons. The fourth-order valence-electron chi connectivity index (χ4n) is 4.03. The fourth-order valence-corrected chi connectivity index (χ4v) is 4.03. The van der Waals surface area contributed by atoms with Crippen LogP contribution in [0, 0.1) is 5.41 Å². The highest BCUT2D eigenvalue weighted by Gasteiger charge is 2.49. The van der Waals surface area contributed by atoms with E-state index in [4.69, 9.17) is 10.5 Å². The molecule has 2 N–H and O–H groups in total. The summed E-state index contributed by atoms with van der Waals surface area (Å²) in [5.74, 6) is 0. The number of ether oxygens (including phenoxy) is 1. The van der Waals surface area contributed by atoms with Gasteiger partial charge in [0.25, 0.3) is 0 Å². The van der Waals surface area contributed by atoms with E-state index in [2.05, 4.69) is 39.5 Å². The third kappa shape index (κ3) is 2.73. The zero-order valence-electron chi connectivity index (χ0n) is 12.8. The first kappa shape index (κ1) is 14.3. The van der Waals surface area contributed by atoms with Gasteiger partial charge in [-0.05, 0) is 45.4 Å². The van der Waals surface area contributed by atoms with Crippen molar-refractivity contribution in [3.05, 3.63) is 0 Å². The normalized spacial score (nSPS) is 40.0. The summed E-state index contributed by atoms with van der Waals surface area (Å²) in [7, 11) is 0. The Balaban J connectivity index is 2.18. The van der Waals surface area contributed by atoms with Gasteiger partial charge in [0.2, 0.25) is 0 Å². The largest absolute Gasteiger partial charge is 0.370 e. The molecular formula is C15H30N2O. The van der Waals surface area contributed by atoms with E-state index in [0.29, 0.717) is 11.5 Å². The number of rotatable bonds is 2. The highest BCUT2D eigenvalue weighted by atomic mass is 16.5. The van der Waals surface area contributed by atoms with Gasteiger partial charge in [0.05, 0.1) is 11.7 Å². The van der Waals surface area contributed by atoms with E-state index in [9.17, 15) is 0 Å². The van der Waals surface area contributed by atoms with Crippen molar-refractivity contribution in [1.82, 2.24) is 4.90 Å². The summed E-state index contributed by atoms with van der Waals surface area (Å²) < 4.78 is 6.02. The lowest BCUT2D eigenvalue weighted by atomic mass is 9.85. The summed E-state index contributed by atoms with van der Waals surface area (Å²) in [6.07, 6.45) is 4.05. The van der Waals surface area contributed by atoms with Crippen LogP contribution in [0.1, 0.15) is 53.9 Å². The standard InChI is InChI=1S/C15H30N2O/c1-12-8-17(11-14(4,5)18-12)15(10-16)7-6-13(2,3)9-15/h12H,6-11,16H2,1-5H3. The lowest BCUT2D eigenvalue weighted by molar-refractivity contribution is -0.152. The Morgan fingerprint density at radius 2 is 1.89 bits per heavy atom. The lowest BCUT2D eigenvalue weighted by Gasteiger charge is -2.50. The molecule has 3 nitrogen and oxygen atoms in total. The minimum absolute atomic E-state index is 0.0490. The average molecular weight is 254 g/mol. The molecule has 0 aromatic heterocycles. The average Bonchev–Trinajstić information content (AvgIpc) is 2.52. The van der Waals surface area contributed by atoms with Crippen molar-refractivity contribution in [2.24, 2.45) is 11.1 Å². The molecule has 0 aromatic rings. The molecular weight excluding hydrogens is 224 g/mol. The third-order valence-electron chi connectivity index (χ3n) is 4.69. The van der Waals surface area contributed by atoms with Gasteiger partial charge in [0, 0.05) is 25.2 Å². The van der Waals surface area contributed by atoms with Crippen LogP contribution < -0.4 is 5.73 Å². The molecule has 2 aliphatic rings. The molecule has 0 amide bonds. The topological polar surface area (TPSA) is 38.5 Å². The maximum atomic E-state index is 6.17. The molecule has 18 heavy (non-hydrogen) atoms. The zero-order chi connectivity index (χ0) is 13.6. The molecule has 0 bridgehead atoms. The van der Waals surface area contributed by atoms with E-state index in [1.165, 1.54) is 19.3 Å². The van der Waals surface area contributed by atoms with Gasteiger partial charge >= 0.3 is 0 Å². The molecule has 2 unspecified atom stereocenters. The molecule has 2 fully saturated rings. The van der Waals surface area contributed by atoms with E-state index in [1.54, 1.807) is 0 Å². The highest BCUT2D eigenvalue weighted by molar-refractivity contribution is 5.04. The lowest BCUT2D eigenvalue weighted by Crippen LogP contribution is -2.62. The monoisotopic (exact) mass is 254 g/mol. The Morgan fingerprint density at radius 1 is 1.22 bits per heavy atom. The van der Waals surface area contributed by atoms with Gasteiger partial charge in [-0.3, -0.25) is 4.90 Å².